The zero-order valence-electron chi connectivity index (χ0n) is 11.2. The number of carbonyl (C=O) groups is 1. The fourth-order valence-electron chi connectivity index (χ4n) is 2.65. The molecule has 1 aliphatic carbocycles. The maximum Gasteiger partial charge on any atom is 0.243 e. The van der Waals surface area contributed by atoms with Gasteiger partial charge in [0, 0.05) is 12.2 Å². The first-order valence-corrected chi connectivity index (χ1v) is 6.60. The third-order valence-electron chi connectivity index (χ3n) is 3.53. The lowest BCUT2D eigenvalue weighted by Gasteiger charge is -2.20. The average molecular weight is 247 g/mol. The van der Waals surface area contributed by atoms with Crippen molar-refractivity contribution in [1.29, 1.82) is 0 Å². The van der Waals surface area contributed by atoms with Gasteiger partial charge in [0.1, 0.15) is 11.9 Å². The van der Waals surface area contributed by atoms with E-state index in [0.29, 0.717) is 6.54 Å². The van der Waals surface area contributed by atoms with E-state index >= 15 is 0 Å². The van der Waals surface area contributed by atoms with Crippen LogP contribution < -0.4 is 5.32 Å². The van der Waals surface area contributed by atoms with Crippen molar-refractivity contribution in [2.75, 3.05) is 6.54 Å². The Hall–Kier alpha value is -1.58. The number of amides is 1. The average Bonchev–Trinajstić information content (AvgIpc) is 2.70. The topological polar surface area (TPSA) is 46.9 Å². The van der Waals surface area contributed by atoms with Crippen molar-refractivity contribution in [3.05, 3.63) is 29.9 Å². The molecule has 98 valence electrons. The lowest BCUT2D eigenvalue weighted by Crippen LogP contribution is -2.32. The summed E-state index contributed by atoms with van der Waals surface area (Å²) in [5.74, 6) is 0.979. The number of fused-ring (bicyclic) bond motifs is 1. The van der Waals surface area contributed by atoms with Crippen LogP contribution in [0.5, 0.6) is 0 Å². The normalized spacial score (nSPS) is 15.9. The summed E-state index contributed by atoms with van der Waals surface area (Å²) in [5, 5.41) is 2.85. The van der Waals surface area contributed by atoms with E-state index in [0.717, 1.165) is 18.7 Å². The van der Waals surface area contributed by atoms with Crippen LogP contribution >= 0.6 is 0 Å². The smallest absolute Gasteiger partial charge is 0.243 e. The molecule has 2 rings (SSSR count). The molecule has 0 spiro atoms. The van der Waals surface area contributed by atoms with E-state index in [-0.39, 0.29) is 11.9 Å². The first-order chi connectivity index (χ1) is 8.65. The van der Waals surface area contributed by atoms with Crippen LogP contribution in [0.3, 0.4) is 0 Å². The van der Waals surface area contributed by atoms with Crippen LogP contribution in [0.25, 0.3) is 0 Å². The van der Waals surface area contributed by atoms with Gasteiger partial charge in [0.15, 0.2) is 0 Å². The van der Waals surface area contributed by atoms with E-state index < -0.39 is 0 Å². The molecule has 4 nitrogen and oxygen atoms in total. The highest BCUT2D eigenvalue weighted by Gasteiger charge is 2.24. The second kappa shape index (κ2) is 5.38. The summed E-state index contributed by atoms with van der Waals surface area (Å²) in [6.45, 7) is 8.04. The lowest BCUT2D eigenvalue weighted by molar-refractivity contribution is -0.123. The van der Waals surface area contributed by atoms with Gasteiger partial charge in [-0.3, -0.25) is 4.79 Å². The van der Waals surface area contributed by atoms with Crippen molar-refractivity contribution in [2.24, 2.45) is 0 Å². The van der Waals surface area contributed by atoms with Crippen molar-refractivity contribution in [1.82, 2.24) is 14.9 Å². The third-order valence-corrected chi connectivity index (χ3v) is 3.53. The highest BCUT2D eigenvalue weighted by atomic mass is 16.2. The van der Waals surface area contributed by atoms with Crippen LogP contribution in [0, 0.1) is 6.92 Å². The van der Waals surface area contributed by atoms with Crippen LogP contribution in [-0.2, 0) is 17.6 Å². The molecule has 18 heavy (non-hydrogen) atoms. The molecular weight excluding hydrogens is 226 g/mol. The Morgan fingerprint density at radius 3 is 3.00 bits per heavy atom. The first kappa shape index (κ1) is 12.9. The van der Waals surface area contributed by atoms with Gasteiger partial charge in [0.05, 0.1) is 5.69 Å². The Kier molecular flexibility index (Phi) is 3.84. The van der Waals surface area contributed by atoms with E-state index in [1.165, 1.54) is 24.2 Å². The highest BCUT2D eigenvalue weighted by molar-refractivity contribution is 5.80. The molecule has 1 atom stereocenters. The molecule has 1 amide bonds. The minimum Gasteiger partial charge on any atom is -0.351 e. The van der Waals surface area contributed by atoms with Gasteiger partial charge in [-0.25, -0.2) is 4.98 Å². The standard InChI is InChI=1S/C14H21N3O/c1-4-9-15-14(18)10(2)17-11(3)16-12-7-5-6-8-13(12)17/h4,10H,1,5-9H2,2-3H3,(H,15,18). The fraction of sp³-hybridized carbons (Fsp3) is 0.571. The molecule has 1 N–H and O–H groups in total. The van der Waals surface area contributed by atoms with Crippen molar-refractivity contribution in [3.63, 3.8) is 0 Å². The molecule has 1 aromatic rings. The molecule has 0 saturated heterocycles. The number of nitrogens with zero attached hydrogens (tertiary/aromatic N) is 2. The number of aromatic nitrogens is 2. The van der Waals surface area contributed by atoms with Crippen LogP contribution in [-0.4, -0.2) is 22.0 Å². The molecule has 0 fully saturated rings. The first-order valence-electron chi connectivity index (χ1n) is 6.60. The van der Waals surface area contributed by atoms with Crippen molar-refractivity contribution < 1.29 is 4.79 Å². The molecule has 1 aromatic heterocycles. The van der Waals surface area contributed by atoms with E-state index in [9.17, 15) is 4.79 Å². The molecule has 4 heteroatoms. The Morgan fingerprint density at radius 1 is 1.56 bits per heavy atom. The van der Waals surface area contributed by atoms with Crippen LogP contribution in [0.4, 0.5) is 0 Å². The van der Waals surface area contributed by atoms with Gasteiger partial charge in [0.25, 0.3) is 0 Å². The predicted molar refractivity (Wildman–Crippen MR) is 71.5 cm³/mol. The quantitative estimate of drug-likeness (QED) is 0.826. The van der Waals surface area contributed by atoms with Gasteiger partial charge >= 0.3 is 0 Å². The number of rotatable bonds is 4. The summed E-state index contributed by atoms with van der Waals surface area (Å²) in [5.41, 5.74) is 2.43. The van der Waals surface area contributed by atoms with Crippen LogP contribution in [0.15, 0.2) is 12.7 Å². The number of carbonyl (C=O) groups excluding carboxylic acids is 1. The maximum absolute atomic E-state index is 12.0. The Labute approximate surface area is 108 Å². The van der Waals surface area contributed by atoms with E-state index in [2.05, 4.69) is 21.4 Å². The second-order valence-corrected chi connectivity index (χ2v) is 4.84. The number of hydrogen-bond acceptors (Lipinski definition) is 2. The Bertz CT molecular complexity index is 462. The molecule has 1 aliphatic rings. The summed E-state index contributed by atoms with van der Waals surface area (Å²) in [6.07, 6.45) is 6.18. The van der Waals surface area contributed by atoms with Crippen molar-refractivity contribution in [2.45, 2.75) is 45.6 Å². The lowest BCUT2D eigenvalue weighted by atomic mass is 10.0. The molecule has 0 aliphatic heterocycles. The van der Waals surface area contributed by atoms with Gasteiger partial charge in [-0.1, -0.05) is 6.08 Å². The van der Waals surface area contributed by atoms with Gasteiger partial charge < -0.3 is 9.88 Å². The predicted octanol–water partition coefficient (Wildman–Crippen LogP) is 1.93. The van der Waals surface area contributed by atoms with Crippen molar-refractivity contribution >= 4 is 5.91 Å². The maximum atomic E-state index is 12.0. The minimum absolute atomic E-state index is 0.0313. The summed E-state index contributed by atoms with van der Waals surface area (Å²) < 4.78 is 2.09. The molecule has 0 radical (unpaired) electrons. The van der Waals surface area contributed by atoms with Crippen LogP contribution in [0.1, 0.15) is 43.0 Å². The van der Waals surface area contributed by atoms with E-state index in [1.54, 1.807) is 6.08 Å². The number of aryl methyl sites for hydroxylation is 2. The molecule has 1 unspecified atom stereocenters. The van der Waals surface area contributed by atoms with E-state index in [4.69, 9.17) is 0 Å². The van der Waals surface area contributed by atoms with Gasteiger partial charge in [-0.15, -0.1) is 6.58 Å². The minimum atomic E-state index is -0.195. The molecule has 0 aromatic carbocycles. The molecule has 0 bridgehead atoms. The Morgan fingerprint density at radius 2 is 2.28 bits per heavy atom. The zero-order valence-corrected chi connectivity index (χ0v) is 11.2. The second-order valence-electron chi connectivity index (χ2n) is 4.84. The summed E-state index contributed by atoms with van der Waals surface area (Å²) in [7, 11) is 0. The van der Waals surface area contributed by atoms with Crippen LogP contribution in [0.2, 0.25) is 0 Å². The molecule has 0 saturated carbocycles. The summed E-state index contributed by atoms with van der Waals surface area (Å²) >= 11 is 0. The molecular formula is C14H21N3O. The van der Waals surface area contributed by atoms with Crippen molar-refractivity contribution in [3.8, 4) is 0 Å². The van der Waals surface area contributed by atoms with Gasteiger partial charge in [-0.05, 0) is 39.5 Å². The monoisotopic (exact) mass is 247 g/mol. The largest absolute Gasteiger partial charge is 0.351 e. The molecule has 1 heterocycles. The van der Waals surface area contributed by atoms with E-state index in [1.807, 2.05) is 13.8 Å². The van der Waals surface area contributed by atoms with Gasteiger partial charge in [-0.2, -0.15) is 0 Å². The Balaban J connectivity index is 2.24. The fourth-order valence-corrected chi connectivity index (χ4v) is 2.65. The number of hydrogen-bond donors (Lipinski definition) is 1. The highest BCUT2D eigenvalue weighted by Crippen LogP contribution is 2.25. The third kappa shape index (κ3) is 2.33. The summed E-state index contributed by atoms with van der Waals surface area (Å²) in [6, 6.07) is -0.195. The number of imidazole rings is 1. The zero-order chi connectivity index (χ0) is 13.1. The number of nitrogens with one attached hydrogen (secondary N) is 1. The van der Waals surface area contributed by atoms with Gasteiger partial charge in [0.2, 0.25) is 5.91 Å². The summed E-state index contributed by atoms with van der Waals surface area (Å²) in [4.78, 5) is 16.6. The SMILES string of the molecule is C=CCNC(=O)C(C)n1c(C)nc2c1CCCC2.